The van der Waals surface area contributed by atoms with Crippen molar-refractivity contribution in [1.29, 1.82) is 0 Å². The van der Waals surface area contributed by atoms with Crippen molar-refractivity contribution in [3.05, 3.63) is 30.1 Å². The third-order valence-corrected chi connectivity index (χ3v) is 1.31. The number of nitrogens with zero attached hydrogens (tertiary/aromatic N) is 1. The van der Waals surface area contributed by atoms with Crippen LogP contribution < -0.4 is 5.73 Å². The van der Waals surface area contributed by atoms with E-state index in [0.29, 0.717) is 5.56 Å². The molecule has 0 spiro atoms. The van der Waals surface area contributed by atoms with Crippen LogP contribution >= 0.6 is 0 Å². The van der Waals surface area contributed by atoms with E-state index >= 15 is 0 Å². The Labute approximate surface area is 63.7 Å². The van der Waals surface area contributed by atoms with E-state index in [2.05, 4.69) is 4.98 Å². The topological polar surface area (TPSA) is 76.2 Å². The smallest absolute Gasteiger partial charge is 0.325 e. The molecule has 0 radical (unpaired) electrons. The van der Waals surface area contributed by atoms with Gasteiger partial charge in [-0.25, -0.2) is 0 Å². The zero-order valence-corrected chi connectivity index (χ0v) is 5.77. The van der Waals surface area contributed by atoms with Gasteiger partial charge in [0.2, 0.25) is 0 Å². The van der Waals surface area contributed by atoms with E-state index in [1.807, 2.05) is 0 Å². The highest BCUT2D eigenvalue weighted by Gasteiger charge is 2.12. The Balaban J connectivity index is 2.85. The third-order valence-electron chi connectivity index (χ3n) is 1.31. The van der Waals surface area contributed by atoms with Gasteiger partial charge >= 0.3 is 5.97 Å². The molecule has 11 heavy (non-hydrogen) atoms. The van der Waals surface area contributed by atoms with Gasteiger partial charge in [-0.05, 0) is 11.6 Å². The Morgan fingerprint density at radius 3 is 2.91 bits per heavy atom. The first-order valence-corrected chi connectivity index (χ1v) is 3.10. The molecule has 0 unspecified atom stereocenters. The highest BCUT2D eigenvalue weighted by molar-refractivity contribution is 5.74. The summed E-state index contributed by atoms with van der Waals surface area (Å²) in [4.78, 5) is 14.1. The van der Waals surface area contributed by atoms with Crippen molar-refractivity contribution in [3.8, 4) is 0 Å². The molecule has 0 aliphatic carbocycles. The van der Waals surface area contributed by atoms with Gasteiger partial charge in [-0.1, -0.05) is 6.07 Å². The predicted octanol–water partition coefficient (Wildman–Crippen LogP) is 0.166. The highest BCUT2D eigenvalue weighted by Crippen LogP contribution is 2.06. The van der Waals surface area contributed by atoms with Gasteiger partial charge in [0.25, 0.3) is 0 Å². The van der Waals surface area contributed by atoms with Crippen LogP contribution in [0.1, 0.15) is 11.6 Å². The third kappa shape index (κ3) is 1.75. The molecular weight excluding hydrogens is 144 g/mol. The van der Waals surface area contributed by atoms with Crippen LogP contribution in [0.25, 0.3) is 0 Å². The number of aromatic nitrogens is 1. The Morgan fingerprint density at radius 2 is 2.45 bits per heavy atom. The van der Waals surface area contributed by atoms with Crippen LogP contribution in [-0.4, -0.2) is 16.1 Å². The van der Waals surface area contributed by atoms with E-state index in [9.17, 15) is 4.79 Å². The van der Waals surface area contributed by atoms with E-state index in [4.69, 9.17) is 10.8 Å². The lowest BCUT2D eigenvalue weighted by atomic mass is 10.1. The Bertz CT molecular complexity index is 248. The molecule has 1 aromatic heterocycles. The minimum absolute atomic E-state index is 0.514. The van der Waals surface area contributed by atoms with Crippen molar-refractivity contribution in [2.24, 2.45) is 5.73 Å². The number of pyridine rings is 1. The van der Waals surface area contributed by atoms with Crippen molar-refractivity contribution in [2.75, 3.05) is 0 Å². The lowest BCUT2D eigenvalue weighted by Gasteiger charge is -2.03. The molecule has 1 atom stereocenters. The summed E-state index contributed by atoms with van der Waals surface area (Å²) in [5.74, 6) is -1.04. The lowest BCUT2D eigenvalue weighted by molar-refractivity contribution is -0.138. The molecule has 0 fully saturated rings. The van der Waals surface area contributed by atoms with Crippen molar-refractivity contribution in [3.63, 3.8) is 0 Å². The molecule has 4 heteroatoms. The van der Waals surface area contributed by atoms with Crippen LogP contribution in [0.5, 0.6) is 0 Å². The second kappa shape index (κ2) is 3.12. The number of hydrogen-bond acceptors (Lipinski definition) is 3. The van der Waals surface area contributed by atoms with E-state index in [1.54, 1.807) is 18.3 Å². The van der Waals surface area contributed by atoms with Crippen LogP contribution in [-0.2, 0) is 4.79 Å². The van der Waals surface area contributed by atoms with Crippen molar-refractivity contribution in [1.82, 2.24) is 4.98 Å². The zero-order valence-electron chi connectivity index (χ0n) is 5.77. The molecular formula is C7H8N2O2. The van der Waals surface area contributed by atoms with Gasteiger partial charge in [-0.2, -0.15) is 0 Å². The summed E-state index contributed by atoms with van der Waals surface area (Å²) in [7, 11) is 0. The number of carboxylic acids is 1. The van der Waals surface area contributed by atoms with Gasteiger partial charge < -0.3 is 10.8 Å². The molecule has 1 rings (SSSR count). The second-order valence-corrected chi connectivity index (χ2v) is 2.10. The Kier molecular flexibility index (Phi) is 2.18. The Hall–Kier alpha value is -1.42. The maximum atomic E-state index is 10.3. The quantitative estimate of drug-likeness (QED) is 0.633. The van der Waals surface area contributed by atoms with Crippen molar-refractivity contribution < 1.29 is 9.90 Å². The number of carbonyl (C=O) groups is 1. The van der Waals surface area contributed by atoms with E-state index in [1.165, 1.54) is 6.20 Å². The number of hydrogen-bond donors (Lipinski definition) is 2. The largest absolute Gasteiger partial charge is 0.480 e. The molecule has 0 saturated carbocycles. The van der Waals surface area contributed by atoms with Gasteiger partial charge in [0.1, 0.15) is 6.04 Å². The summed E-state index contributed by atoms with van der Waals surface area (Å²) >= 11 is 0. The molecule has 1 heterocycles. The molecule has 3 N–H and O–H groups in total. The minimum Gasteiger partial charge on any atom is -0.480 e. The van der Waals surface area contributed by atoms with Gasteiger partial charge in [0.05, 0.1) is 0 Å². The molecule has 0 aromatic carbocycles. The molecule has 0 saturated heterocycles. The lowest BCUT2D eigenvalue weighted by Crippen LogP contribution is -2.20. The molecule has 58 valence electrons. The number of rotatable bonds is 2. The first kappa shape index (κ1) is 7.68. The average molecular weight is 152 g/mol. The second-order valence-electron chi connectivity index (χ2n) is 2.10. The summed E-state index contributed by atoms with van der Waals surface area (Å²) in [6, 6.07) is 2.31. The summed E-state index contributed by atoms with van der Waals surface area (Å²) in [5.41, 5.74) is 5.81. The van der Waals surface area contributed by atoms with Crippen molar-refractivity contribution >= 4 is 5.97 Å². The van der Waals surface area contributed by atoms with Crippen LogP contribution in [0, 0.1) is 0 Å². The van der Waals surface area contributed by atoms with Crippen molar-refractivity contribution in [2.45, 2.75) is 6.04 Å². The number of carboxylic acid groups (broad SMARTS) is 1. The Morgan fingerprint density at radius 1 is 1.73 bits per heavy atom. The molecule has 0 bridgehead atoms. The summed E-state index contributed by atoms with van der Waals surface area (Å²) in [6.07, 6.45) is 3.01. The fourth-order valence-electron chi connectivity index (χ4n) is 0.703. The number of nitrogens with two attached hydrogens (primary N) is 1. The normalized spacial score (nSPS) is 12.5. The monoisotopic (exact) mass is 152 g/mol. The molecule has 4 nitrogen and oxygen atoms in total. The van der Waals surface area contributed by atoms with Gasteiger partial charge in [0, 0.05) is 12.4 Å². The van der Waals surface area contributed by atoms with E-state index in [0.717, 1.165) is 0 Å². The predicted molar refractivity (Wildman–Crippen MR) is 38.8 cm³/mol. The molecule has 1 aromatic rings. The summed E-state index contributed by atoms with van der Waals surface area (Å²) in [5, 5.41) is 8.48. The van der Waals surface area contributed by atoms with Gasteiger partial charge in [-0.3, -0.25) is 9.78 Å². The first-order chi connectivity index (χ1) is 5.22. The van der Waals surface area contributed by atoms with Crippen LogP contribution in [0.3, 0.4) is 0 Å². The van der Waals surface area contributed by atoms with Crippen LogP contribution in [0.15, 0.2) is 24.5 Å². The van der Waals surface area contributed by atoms with E-state index < -0.39 is 12.0 Å². The summed E-state index contributed by atoms with van der Waals surface area (Å²) < 4.78 is 0. The van der Waals surface area contributed by atoms with Crippen LogP contribution in [0.2, 0.25) is 0 Å². The van der Waals surface area contributed by atoms with Gasteiger partial charge in [0.15, 0.2) is 0 Å². The number of aliphatic carboxylic acids is 1. The summed E-state index contributed by atoms with van der Waals surface area (Å²) in [6.45, 7) is 0. The SMILES string of the molecule is N[C@@H](C(=O)O)c1cccnc1. The molecule has 0 aliphatic heterocycles. The maximum absolute atomic E-state index is 10.3. The fraction of sp³-hybridized carbons (Fsp3) is 0.143. The fourth-order valence-corrected chi connectivity index (χ4v) is 0.703. The molecule has 0 amide bonds. The standard InChI is InChI=1S/C7H8N2O2/c8-6(7(10)11)5-2-1-3-9-4-5/h1-4,6H,8H2,(H,10,11)/t6-/m1/s1. The van der Waals surface area contributed by atoms with Gasteiger partial charge in [-0.15, -0.1) is 0 Å². The van der Waals surface area contributed by atoms with E-state index in [-0.39, 0.29) is 0 Å². The minimum atomic E-state index is -1.04. The first-order valence-electron chi connectivity index (χ1n) is 3.10. The molecule has 0 aliphatic rings. The maximum Gasteiger partial charge on any atom is 0.325 e. The zero-order chi connectivity index (χ0) is 8.27. The highest BCUT2D eigenvalue weighted by atomic mass is 16.4. The van der Waals surface area contributed by atoms with Crippen LogP contribution in [0.4, 0.5) is 0 Å². The average Bonchev–Trinajstić information content (AvgIpc) is 2.05.